The van der Waals surface area contributed by atoms with Crippen molar-refractivity contribution in [2.75, 3.05) is 17.7 Å². The molecule has 1 aromatic heterocycles. The normalized spacial score (nSPS) is 10.2. The number of rotatable bonds is 3. The van der Waals surface area contributed by atoms with Gasteiger partial charge in [0.05, 0.1) is 16.9 Å². The second-order valence-electron chi connectivity index (χ2n) is 3.39. The predicted octanol–water partition coefficient (Wildman–Crippen LogP) is 4.17. The van der Waals surface area contributed by atoms with Crippen molar-refractivity contribution in [2.45, 2.75) is 0 Å². The van der Waals surface area contributed by atoms with Gasteiger partial charge in [0.1, 0.15) is 5.02 Å². The van der Waals surface area contributed by atoms with E-state index in [0.29, 0.717) is 21.8 Å². The Balaban J connectivity index is 2.36. The third kappa shape index (κ3) is 3.15. The van der Waals surface area contributed by atoms with Crippen LogP contribution in [0.4, 0.5) is 17.5 Å². The third-order valence-electron chi connectivity index (χ3n) is 2.15. The molecule has 0 fully saturated rings. The highest BCUT2D eigenvalue weighted by Crippen LogP contribution is 2.29. The van der Waals surface area contributed by atoms with Gasteiger partial charge in [-0.05, 0) is 40.8 Å². The van der Waals surface area contributed by atoms with E-state index in [-0.39, 0.29) is 0 Å². The standard InChI is InChI=1S/C11H9Cl2IN4/c1-15-11-16-5-8(13)10(18-11)17-9-4-6(14)2-3-7(9)12/h2-5H,1H3,(H2,15,16,17,18). The zero-order chi connectivity index (χ0) is 13.1. The van der Waals surface area contributed by atoms with E-state index in [1.54, 1.807) is 7.05 Å². The fourth-order valence-corrected chi connectivity index (χ4v) is 2.09. The molecule has 0 aliphatic heterocycles. The zero-order valence-corrected chi connectivity index (χ0v) is 13.0. The first-order chi connectivity index (χ1) is 8.60. The van der Waals surface area contributed by atoms with Gasteiger partial charge in [-0.1, -0.05) is 23.2 Å². The smallest absolute Gasteiger partial charge is 0.224 e. The summed E-state index contributed by atoms with van der Waals surface area (Å²) in [5, 5.41) is 6.99. The number of hydrogen-bond donors (Lipinski definition) is 2. The summed E-state index contributed by atoms with van der Waals surface area (Å²) in [4.78, 5) is 8.24. The van der Waals surface area contributed by atoms with Crippen LogP contribution >= 0.6 is 45.8 Å². The monoisotopic (exact) mass is 394 g/mol. The van der Waals surface area contributed by atoms with E-state index in [9.17, 15) is 0 Å². The van der Waals surface area contributed by atoms with Crippen molar-refractivity contribution in [2.24, 2.45) is 0 Å². The van der Waals surface area contributed by atoms with Gasteiger partial charge in [0.15, 0.2) is 5.82 Å². The van der Waals surface area contributed by atoms with Crippen LogP contribution in [-0.4, -0.2) is 17.0 Å². The fraction of sp³-hybridized carbons (Fsp3) is 0.0909. The van der Waals surface area contributed by atoms with Crippen LogP contribution < -0.4 is 10.6 Å². The maximum absolute atomic E-state index is 6.10. The van der Waals surface area contributed by atoms with E-state index in [0.717, 1.165) is 9.26 Å². The van der Waals surface area contributed by atoms with Gasteiger partial charge in [0.2, 0.25) is 5.95 Å². The van der Waals surface area contributed by atoms with Crippen LogP contribution in [0.15, 0.2) is 24.4 Å². The minimum Gasteiger partial charge on any atom is -0.357 e. The van der Waals surface area contributed by atoms with Gasteiger partial charge in [-0.25, -0.2) is 4.98 Å². The summed E-state index contributed by atoms with van der Waals surface area (Å²) in [6.45, 7) is 0. The van der Waals surface area contributed by atoms with Crippen molar-refractivity contribution >= 4 is 63.2 Å². The summed E-state index contributed by atoms with van der Waals surface area (Å²) in [5.41, 5.74) is 0.756. The van der Waals surface area contributed by atoms with E-state index in [2.05, 4.69) is 43.2 Å². The van der Waals surface area contributed by atoms with Crippen molar-refractivity contribution in [3.05, 3.63) is 38.0 Å². The Morgan fingerprint density at radius 2 is 2.00 bits per heavy atom. The molecular formula is C11H9Cl2IN4. The molecule has 0 aliphatic rings. The molecule has 4 nitrogen and oxygen atoms in total. The molecular weight excluding hydrogens is 386 g/mol. The van der Waals surface area contributed by atoms with Crippen molar-refractivity contribution in [3.8, 4) is 0 Å². The van der Waals surface area contributed by atoms with Crippen molar-refractivity contribution < 1.29 is 0 Å². The Labute approximate surface area is 128 Å². The molecule has 2 aromatic rings. The van der Waals surface area contributed by atoms with Crippen LogP contribution in [-0.2, 0) is 0 Å². The van der Waals surface area contributed by atoms with Crippen LogP contribution in [0.3, 0.4) is 0 Å². The summed E-state index contributed by atoms with van der Waals surface area (Å²) in [6.07, 6.45) is 1.53. The second-order valence-corrected chi connectivity index (χ2v) is 5.45. The van der Waals surface area contributed by atoms with E-state index < -0.39 is 0 Å². The minimum atomic E-state index is 0.434. The Bertz CT molecular complexity index is 577. The molecule has 0 saturated carbocycles. The molecule has 0 amide bonds. The summed E-state index contributed by atoms with van der Waals surface area (Å²) in [5.74, 6) is 1.00. The highest BCUT2D eigenvalue weighted by molar-refractivity contribution is 14.1. The minimum absolute atomic E-state index is 0.434. The molecule has 0 aliphatic carbocycles. The topological polar surface area (TPSA) is 49.8 Å². The molecule has 0 unspecified atom stereocenters. The molecule has 0 saturated heterocycles. The maximum atomic E-state index is 6.10. The van der Waals surface area contributed by atoms with E-state index in [4.69, 9.17) is 23.2 Å². The number of nitrogens with one attached hydrogen (secondary N) is 2. The predicted molar refractivity (Wildman–Crippen MR) is 84.0 cm³/mol. The number of aromatic nitrogens is 2. The van der Waals surface area contributed by atoms with Gasteiger partial charge < -0.3 is 10.6 Å². The van der Waals surface area contributed by atoms with Crippen LogP contribution in [0.25, 0.3) is 0 Å². The first-order valence-corrected chi connectivity index (χ1v) is 6.86. The number of benzene rings is 1. The first-order valence-electron chi connectivity index (χ1n) is 5.02. The van der Waals surface area contributed by atoms with Crippen LogP contribution in [0.1, 0.15) is 0 Å². The summed E-state index contributed by atoms with van der Waals surface area (Å²) in [6, 6.07) is 5.66. The summed E-state index contributed by atoms with van der Waals surface area (Å²) < 4.78 is 1.07. The quantitative estimate of drug-likeness (QED) is 0.767. The van der Waals surface area contributed by atoms with E-state index in [1.807, 2.05) is 18.2 Å². The molecule has 0 spiro atoms. The molecule has 0 atom stereocenters. The largest absolute Gasteiger partial charge is 0.357 e. The average molecular weight is 395 g/mol. The lowest BCUT2D eigenvalue weighted by molar-refractivity contribution is 1.15. The molecule has 0 radical (unpaired) electrons. The second kappa shape index (κ2) is 5.90. The van der Waals surface area contributed by atoms with Gasteiger partial charge >= 0.3 is 0 Å². The molecule has 2 N–H and O–H groups in total. The Hall–Kier alpha value is -0.790. The SMILES string of the molecule is CNc1ncc(Cl)c(Nc2cc(I)ccc2Cl)n1. The van der Waals surface area contributed by atoms with Crippen molar-refractivity contribution in [3.63, 3.8) is 0 Å². The van der Waals surface area contributed by atoms with Crippen LogP contribution in [0.5, 0.6) is 0 Å². The van der Waals surface area contributed by atoms with Gasteiger partial charge in [0.25, 0.3) is 0 Å². The lowest BCUT2D eigenvalue weighted by Crippen LogP contribution is -2.01. The van der Waals surface area contributed by atoms with Crippen LogP contribution in [0, 0.1) is 3.57 Å². The lowest BCUT2D eigenvalue weighted by Gasteiger charge is -2.10. The van der Waals surface area contributed by atoms with Gasteiger partial charge in [-0.3, -0.25) is 0 Å². The zero-order valence-electron chi connectivity index (χ0n) is 9.34. The van der Waals surface area contributed by atoms with Gasteiger partial charge in [-0.15, -0.1) is 0 Å². The molecule has 1 heterocycles. The molecule has 18 heavy (non-hydrogen) atoms. The summed E-state index contributed by atoms with van der Waals surface area (Å²) in [7, 11) is 1.74. The van der Waals surface area contributed by atoms with Crippen molar-refractivity contribution in [1.29, 1.82) is 0 Å². The highest BCUT2D eigenvalue weighted by Gasteiger charge is 2.07. The van der Waals surface area contributed by atoms with E-state index >= 15 is 0 Å². The first kappa shape index (κ1) is 13.6. The average Bonchev–Trinajstić information content (AvgIpc) is 2.36. The number of halogens is 3. The third-order valence-corrected chi connectivity index (χ3v) is 3.43. The molecule has 1 aromatic carbocycles. The molecule has 94 valence electrons. The molecule has 0 bridgehead atoms. The highest BCUT2D eigenvalue weighted by atomic mass is 127. The number of hydrogen-bond acceptors (Lipinski definition) is 4. The maximum Gasteiger partial charge on any atom is 0.224 e. The number of nitrogens with zero attached hydrogens (tertiary/aromatic N) is 2. The Morgan fingerprint density at radius 1 is 1.22 bits per heavy atom. The number of anilines is 3. The Morgan fingerprint density at radius 3 is 2.72 bits per heavy atom. The van der Waals surface area contributed by atoms with Gasteiger partial charge in [-0.2, -0.15) is 4.98 Å². The lowest BCUT2D eigenvalue weighted by atomic mass is 10.3. The van der Waals surface area contributed by atoms with Crippen LogP contribution in [0.2, 0.25) is 10.0 Å². The Kier molecular flexibility index (Phi) is 4.47. The molecule has 7 heteroatoms. The van der Waals surface area contributed by atoms with Crippen molar-refractivity contribution in [1.82, 2.24) is 9.97 Å². The fourth-order valence-electron chi connectivity index (χ4n) is 1.30. The van der Waals surface area contributed by atoms with Gasteiger partial charge in [0, 0.05) is 10.6 Å². The summed E-state index contributed by atoms with van der Waals surface area (Å²) >= 11 is 14.3. The van der Waals surface area contributed by atoms with E-state index in [1.165, 1.54) is 6.20 Å². The molecule has 2 rings (SSSR count).